The van der Waals surface area contributed by atoms with Crippen LogP contribution in [0.1, 0.15) is 36.8 Å². The second-order valence-corrected chi connectivity index (χ2v) is 7.43. The number of hydrogen-bond acceptors (Lipinski definition) is 6. The lowest BCUT2D eigenvalue weighted by Gasteiger charge is -2.07. The van der Waals surface area contributed by atoms with Crippen molar-refractivity contribution in [2.24, 2.45) is 0 Å². The lowest BCUT2D eigenvalue weighted by molar-refractivity contribution is 0.0895. The van der Waals surface area contributed by atoms with Crippen LogP contribution >= 0.6 is 0 Å². The summed E-state index contributed by atoms with van der Waals surface area (Å²) in [5, 5.41) is 6.28. The maximum absolute atomic E-state index is 12.9. The quantitative estimate of drug-likeness (QED) is 0.759. The predicted octanol–water partition coefficient (Wildman–Crippen LogP) is 1.75. The normalized spacial score (nSPS) is 12.8. The summed E-state index contributed by atoms with van der Waals surface area (Å²) in [5.41, 5.74) is 0. The highest BCUT2D eigenvalue weighted by atomic mass is 32.2. The van der Waals surface area contributed by atoms with E-state index in [4.69, 9.17) is 4.52 Å². The van der Waals surface area contributed by atoms with Crippen LogP contribution in [0.25, 0.3) is 0 Å². The monoisotopic (exact) mass is 355 g/mol. The summed E-state index contributed by atoms with van der Waals surface area (Å²) in [6.07, 6.45) is 0.739. The summed E-state index contributed by atoms with van der Waals surface area (Å²) in [6, 6.07) is 4.53. The number of carbonyl (C=O) groups excluding carboxylic acids is 1. The van der Waals surface area contributed by atoms with Crippen molar-refractivity contribution >= 4 is 15.7 Å². The molecule has 0 aliphatic rings. The summed E-state index contributed by atoms with van der Waals surface area (Å²) in [5.74, 6) is -1.36. The Morgan fingerprint density at radius 3 is 2.62 bits per heavy atom. The smallest absolute Gasteiger partial charge is 0.315 e. The van der Waals surface area contributed by atoms with Gasteiger partial charge in [0.2, 0.25) is 0 Å². The van der Waals surface area contributed by atoms with Crippen LogP contribution in [0.5, 0.6) is 0 Å². The van der Waals surface area contributed by atoms with Crippen molar-refractivity contribution in [1.82, 2.24) is 15.5 Å². The Kier molecular flexibility index (Phi) is 5.66. The number of halogens is 1. The average molecular weight is 355 g/mol. The van der Waals surface area contributed by atoms with E-state index in [9.17, 15) is 17.6 Å². The summed E-state index contributed by atoms with van der Waals surface area (Å²) in [4.78, 5) is 15.7. The zero-order chi connectivity index (χ0) is 17.7. The molecule has 1 amide bonds. The van der Waals surface area contributed by atoms with Gasteiger partial charge in [-0.2, -0.15) is 4.98 Å². The van der Waals surface area contributed by atoms with Crippen LogP contribution in [-0.4, -0.2) is 36.3 Å². The van der Waals surface area contributed by atoms with Gasteiger partial charge in [0.1, 0.15) is 5.82 Å². The molecule has 0 bridgehead atoms. The molecule has 2 rings (SSSR count). The van der Waals surface area contributed by atoms with E-state index in [1.54, 1.807) is 0 Å². The Morgan fingerprint density at radius 1 is 1.33 bits per heavy atom. The fourth-order valence-electron chi connectivity index (χ4n) is 1.82. The Morgan fingerprint density at radius 2 is 2.00 bits per heavy atom. The van der Waals surface area contributed by atoms with Gasteiger partial charge in [-0.15, -0.1) is 0 Å². The highest BCUT2D eigenvalue weighted by Crippen LogP contribution is 2.13. The van der Waals surface area contributed by atoms with Gasteiger partial charge < -0.3 is 9.84 Å². The van der Waals surface area contributed by atoms with Gasteiger partial charge in [-0.05, 0) is 37.6 Å². The van der Waals surface area contributed by atoms with Gasteiger partial charge in [0.25, 0.3) is 0 Å². The molecule has 0 aliphatic heterocycles. The number of rotatable bonds is 7. The molecule has 24 heavy (non-hydrogen) atoms. The van der Waals surface area contributed by atoms with Crippen LogP contribution < -0.4 is 5.32 Å². The molecule has 1 aromatic heterocycles. The molecule has 0 aliphatic carbocycles. The van der Waals surface area contributed by atoms with Crippen LogP contribution in [0.3, 0.4) is 0 Å². The molecular formula is C15H18FN3O4S. The zero-order valence-corrected chi connectivity index (χ0v) is 14.1. The number of hydrogen-bond donors (Lipinski definition) is 1. The van der Waals surface area contributed by atoms with Crippen molar-refractivity contribution in [1.29, 1.82) is 0 Å². The maximum atomic E-state index is 12.9. The van der Waals surface area contributed by atoms with Crippen LogP contribution in [0.2, 0.25) is 0 Å². The Bertz CT molecular complexity index is 802. The third-order valence-electron chi connectivity index (χ3n) is 3.42. The zero-order valence-electron chi connectivity index (χ0n) is 13.3. The standard InChI is InChI=1S/C15H18FN3O4S/c1-3-10(2)17-14(20)15-18-13(19-23-15)8-9-24(21,22)12-6-4-11(16)5-7-12/h4-7,10H,3,8-9H2,1-2H3,(H,17,20). The molecule has 7 nitrogen and oxygen atoms in total. The number of amides is 1. The van der Waals surface area contributed by atoms with Crippen molar-refractivity contribution in [2.45, 2.75) is 37.6 Å². The topological polar surface area (TPSA) is 102 Å². The summed E-state index contributed by atoms with van der Waals surface area (Å²) >= 11 is 0. The largest absolute Gasteiger partial charge is 0.345 e. The summed E-state index contributed by atoms with van der Waals surface area (Å²) in [7, 11) is -3.60. The molecular weight excluding hydrogens is 337 g/mol. The third-order valence-corrected chi connectivity index (χ3v) is 5.15. The molecule has 1 aromatic carbocycles. The minimum absolute atomic E-state index is 0.0141. The van der Waals surface area contributed by atoms with Gasteiger partial charge in [0, 0.05) is 12.5 Å². The highest BCUT2D eigenvalue weighted by Gasteiger charge is 2.19. The van der Waals surface area contributed by atoms with E-state index in [-0.39, 0.29) is 34.8 Å². The van der Waals surface area contributed by atoms with E-state index >= 15 is 0 Å². The highest BCUT2D eigenvalue weighted by molar-refractivity contribution is 7.91. The molecule has 2 aromatic rings. The number of benzene rings is 1. The molecule has 0 radical (unpaired) electrons. The predicted molar refractivity (Wildman–Crippen MR) is 83.7 cm³/mol. The van der Waals surface area contributed by atoms with E-state index in [0.29, 0.717) is 0 Å². The Labute approximate surface area is 139 Å². The van der Waals surface area contributed by atoms with Crippen molar-refractivity contribution in [3.8, 4) is 0 Å². The van der Waals surface area contributed by atoms with Crippen LogP contribution in [-0.2, 0) is 16.3 Å². The molecule has 0 spiro atoms. The van der Waals surface area contributed by atoms with Crippen molar-refractivity contribution in [2.75, 3.05) is 5.75 Å². The molecule has 1 heterocycles. The molecule has 0 saturated carbocycles. The van der Waals surface area contributed by atoms with E-state index < -0.39 is 21.6 Å². The SMILES string of the molecule is CCC(C)NC(=O)c1nc(CCS(=O)(=O)c2ccc(F)cc2)no1. The van der Waals surface area contributed by atoms with Crippen LogP contribution in [0.4, 0.5) is 4.39 Å². The fraction of sp³-hybridized carbons (Fsp3) is 0.400. The number of carbonyl (C=O) groups is 1. The maximum Gasteiger partial charge on any atom is 0.315 e. The molecule has 1 unspecified atom stereocenters. The second kappa shape index (κ2) is 7.52. The van der Waals surface area contributed by atoms with Gasteiger partial charge in [-0.3, -0.25) is 4.79 Å². The van der Waals surface area contributed by atoms with Crippen molar-refractivity contribution in [3.63, 3.8) is 0 Å². The van der Waals surface area contributed by atoms with Gasteiger partial charge in [0.15, 0.2) is 15.7 Å². The lowest BCUT2D eigenvalue weighted by atomic mass is 10.2. The Balaban J connectivity index is 2.00. The number of aryl methyl sites for hydroxylation is 1. The van der Waals surface area contributed by atoms with Crippen molar-refractivity contribution in [3.05, 3.63) is 41.8 Å². The first kappa shape index (κ1) is 18.1. The fourth-order valence-corrected chi connectivity index (χ4v) is 3.06. The molecule has 1 N–H and O–H groups in total. The minimum Gasteiger partial charge on any atom is -0.345 e. The molecule has 1 atom stereocenters. The Hall–Kier alpha value is -2.29. The first-order chi connectivity index (χ1) is 11.3. The molecule has 0 fully saturated rings. The number of nitrogens with zero attached hydrogens (tertiary/aromatic N) is 2. The van der Waals surface area contributed by atoms with E-state index in [2.05, 4.69) is 15.5 Å². The molecule has 9 heteroatoms. The van der Waals surface area contributed by atoms with Gasteiger partial charge in [-0.1, -0.05) is 12.1 Å². The second-order valence-electron chi connectivity index (χ2n) is 5.32. The third kappa shape index (κ3) is 4.60. The summed E-state index contributed by atoms with van der Waals surface area (Å²) in [6.45, 7) is 3.76. The van der Waals surface area contributed by atoms with Crippen molar-refractivity contribution < 1.29 is 22.1 Å². The minimum atomic E-state index is -3.60. The van der Waals surface area contributed by atoms with E-state index in [1.165, 1.54) is 12.1 Å². The number of sulfone groups is 1. The van der Waals surface area contributed by atoms with Gasteiger partial charge in [0.05, 0.1) is 10.6 Å². The van der Waals surface area contributed by atoms with Crippen LogP contribution in [0, 0.1) is 5.82 Å². The van der Waals surface area contributed by atoms with Crippen LogP contribution in [0.15, 0.2) is 33.7 Å². The first-order valence-corrected chi connectivity index (χ1v) is 9.09. The van der Waals surface area contributed by atoms with E-state index in [1.807, 2.05) is 13.8 Å². The van der Waals surface area contributed by atoms with E-state index in [0.717, 1.165) is 18.6 Å². The average Bonchev–Trinajstić information content (AvgIpc) is 3.02. The summed E-state index contributed by atoms with van der Waals surface area (Å²) < 4.78 is 42.0. The number of aromatic nitrogens is 2. The number of nitrogens with one attached hydrogen (secondary N) is 1. The van der Waals surface area contributed by atoms with Gasteiger partial charge in [-0.25, -0.2) is 12.8 Å². The van der Waals surface area contributed by atoms with Gasteiger partial charge >= 0.3 is 11.8 Å². The lowest BCUT2D eigenvalue weighted by Crippen LogP contribution is -2.32. The molecule has 0 saturated heterocycles. The molecule has 130 valence electrons. The first-order valence-electron chi connectivity index (χ1n) is 7.43.